The molecule has 1 unspecified atom stereocenters. The summed E-state index contributed by atoms with van der Waals surface area (Å²) in [6.45, 7) is 0.667. The number of carbonyl (C=O) groups is 1. The zero-order valence-corrected chi connectivity index (χ0v) is 11.1. The molecule has 0 spiro atoms. The molecule has 0 aromatic carbocycles. The van der Waals surface area contributed by atoms with Crippen molar-refractivity contribution in [2.24, 2.45) is 5.92 Å². The average Bonchev–Trinajstić information content (AvgIpc) is 2.93. The molecule has 0 amide bonds. The summed E-state index contributed by atoms with van der Waals surface area (Å²) in [5.74, 6) is 0.427. The van der Waals surface area contributed by atoms with Gasteiger partial charge in [0.05, 0.1) is 5.92 Å². The summed E-state index contributed by atoms with van der Waals surface area (Å²) in [4.78, 5) is 15.3. The highest BCUT2D eigenvalue weighted by Gasteiger charge is 2.27. The van der Waals surface area contributed by atoms with Crippen LogP contribution < -0.4 is 0 Å². The first-order valence-corrected chi connectivity index (χ1v) is 6.47. The van der Waals surface area contributed by atoms with Crippen LogP contribution in [0.15, 0.2) is 27.4 Å². The topological polar surface area (TPSA) is 68.3 Å². The van der Waals surface area contributed by atoms with E-state index in [0.29, 0.717) is 29.8 Å². The van der Waals surface area contributed by atoms with Gasteiger partial charge in [0.25, 0.3) is 0 Å². The van der Waals surface area contributed by atoms with Crippen molar-refractivity contribution >= 4 is 21.9 Å². The van der Waals surface area contributed by atoms with E-state index in [0.717, 1.165) is 11.5 Å². The Kier molecular flexibility index (Phi) is 2.74. The lowest BCUT2D eigenvalue weighted by Crippen LogP contribution is -2.25. The number of carboxylic acid groups (broad SMARTS) is 1. The monoisotopic (exact) mass is 310 g/mol. The van der Waals surface area contributed by atoms with E-state index < -0.39 is 5.97 Å². The third-order valence-electron chi connectivity index (χ3n) is 3.24. The molecule has 0 bridgehead atoms. The Bertz CT molecular complexity index is 602. The molecule has 3 heterocycles. The Balaban J connectivity index is 1.95. The maximum absolute atomic E-state index is 11.0. The van der Waals surface area contributed by atoms with Gasteiger partial charge < -0.3 is 14.1 Å². The van der Waals surface area contributed by atoms with Crippen LogP contribution in [0.2, 0.25) is 0 Å². The van der Waals surface area contributed by atoms with Crippen LogP contribution in [0.3, 0.4) is 0 Å². The predicted octanol–water partition coefficient (Wildman–Crippen LogP) is 2.55. The number of hydrogen-bond acceptors (Lipinski definition) is 3. The summed E-state index contributed by atoms with van der Waals surface area (Å²) in [6.07, 6.45) is 2.90. The fourth-order valence-corrected chi connectivity index (χ4v) is 2.61. The summed E-state index contributed by atoms with van der Waals surface area (Å²) in [6, 6.07) is 3.67. The standard InChI is InChI=1S/C12H11BrN2O3/c13-10-2-1-9(18-10)11-14-6-8-5-7(12(16)17)3-4-15(8)11/h1-2,6-7H,3-5H2,(H,16,17). The van der Waals surface area contributed by atoms with Crippen LogP contribution in [0.1, 0.15) is 12.1 Å². The van der Waals surface area contributed by atoms with Gasteiger partial charge in [-0.05, 0) is 34.5 Å². The Morgan fingerprint density at radius 3 is 3.06 bits per heavy atom. The molecule has 0 fully saturated rings. The lowest BCUT2D eigenvalue weighted by atomic mass is 9.96. The van der Waals surface area contributed by atoms with Gasteiger partial charge in [-0.1, -0.05) is 0 Å². The van der Waals surface area contributed by atoms with Crippen LogP contribution in [0.5, 0.6) is 0 Å². The average molecular weight is 311 g/mol. The first-order chi connectivity index (χ1) is 8.65. The van der Waals surface area contributed by atoms with Crippen LogP contribution >= 0.6 is 15.9 Å². The van der Waals surface area contributed by atoms with Crippen molar-refractivity contribution in [2.75, 3.05) is 0 Å². The zero-order valence-electron chi connectivity index (χ0n) is 9.47. The van der Waals surface area contributed by atoms with Gasteiger partial charge in [0.15, 0.2) is 16.3 Å². The molecular weight excluding hydrogens is 300 g/mol. The lowest BCUT2D eigenvalue weighted by Gasteiger charge is -2.21. The van der Waals surface area contributed by atoms with Crippen molar-refractivity contribution in [1.29, 1.82) is 0 Å². The molecule has 1 aliphatic heterocycles. The Morgan fingerprint density at radius 1 is 1.56 bits per heavy atom. The van der Waals surface area contributed by atoms with Gasteiger partial charge >= 0.3 is 5.97 Å². The molecule has 3 rings (SSSR count). The van der Waals surface area contributed by atoms with Crippen molar-refractivity contribution in [3.05, 3.63) is 28.7 Å². The van der Waals surface area contributed by atoms with Crippen LogP contribution in [-0.4, -0.2) is 20.6 Å². The molecule has 2 aromatic heterocycles. The van der Waals surface area contributed by atoms with Gasteiger partial charge in [0.2, 0.25) is 0 Å². The van der Waals surface area contributed by atoms with Crippen LogP contribution in [0.25, 0.3) is 11.6 Å². The molecule has 0 saturated carbocycles. The number of imidazole rings is 1. The number of furan rings is 1. The minimum absolute atomic E-state index is 0.301. The maximum Gasteiger partial charge on any atom is 0.306 e. The van der Waals surface area contributed by atoms with E-state index in [1.807, 2.05) is 16.7 Å². The van der Waals surface area contributed by atoms with Crippen LogP contribution in [0, 0.1) is 5.92 Å². The Morgan fingerprint density at radius 2 is 2.39 bits per heavy atom. The van der Waals surface area contributed by atoms with Gasteiger partial charge in [-0.25, -0.2) is 4.98 Å². The highest BCUT2D eigenvalue weighted by molar-refractivity contribution is 9.10. The first kappa shape index (κ1) is 11.5. The van der Waals surface area contributed by atoms with E-state index in [1.165, 1.54) is 0 Å². The van der Waals surface area contributed by atoms with Crippen molar-refractivity contribution < 1.29 is 14.3 Å². The number of aliphatic carboxylic acids is 1. The van der Waals surface area contributed by atoms with Crippen molar-refractivity contribution in [3.63, 3.8) is 0 Å². The molecule has 1 N–H and O–H groups in total. The summed E-state index contributed by atoms with van der Waals surface area (Å²) < 4.78 is 8.18. The third-order valence-corrected chi connectivity index (χ3v) is 3.66. The largest absolute Gasteiger partial charge is 0.481 e. The van der Waals surface area contributed by atoms with Gasteiger partial charge in [-0.3, -0.25) is 4.79 Å². The Hall–Kier alpha value is -1.56. The smallest absolute Gasteiger partial charge is 0.306 e. The fraction of sp³-hybridized carbons (Fsp3) is 0.333. The van der Waals surface area contributed by atoms with Gasteiger partial charge in [-0.15, -0.1) is 0 Å². The number of fused-ring (bicyclic) bond motifs is 1. The molecule has 0 aliphatic carbocycles. The molecule has 0 saturated heterocycles. The highest BCUT2D eigenvalue weighted by Crippen LogP contribution is 2.29. The summed E-state index contributed by atoms with van der Waals surface area (Å²) in [7, 11) is 0. The van der Waals surface area contributed by atoms with Crippen LogP contribution in [0.4, 0.5) is 0 Å². The van der Waals surface area contributed by atoms with E-state index in [1.54, 1.807) is 6.20 Å². The molecule has 6 heteroatoms. The molecule has 94 valence electrons. The molecule has 1 atom stereocenters. The van der Waals surface area contributed by atoms with E-state index in [-0.39, 0.29) is 5.92 Å². The second kappa shape index (κ2) is 4.28. The SMILES string of the molecule is O=C(O)C1CCn2c(cnc2-c2ccc(Br)o2)C1. The minimum atomic E-state index is -0.732. The minimum Gasteiger partial charge on any atom is -0.481 e. The zero-order chi connectivity index (χ0) is 12.7. The molecule has 18 heavy (non-hydrogen) atoms. The van der Waals surface area contributed by atoms with Gasteiger partial charge in [0.1, 0.15) is 0 Å². The van der Waals surface area contributed by atoms with Crippen molar-refractivity contribution in [1.82, 2.24) is 9.55 Å². The lowest BCUT2D eigenvalue weighted by molar-refractivity contribution is -0.142. The third kappa shape index (κ3) is 1.86. The van der Waals surface area contributed by atoms with Crippen molar-refractivity contribution in [2.45, 2.75) is 19.4 Å². The number of hydrogen-bond donors (Lipinski definition) is 1. The number of halogens is 1. The fourth-order valence-electron chi connectivity index (χ4n) is 2.30. The number of nitrogens with zero attached hydrogens (tertiary/aromatic N) is 2. The normalized spacial score (nSPS) is 18.6. The van der Waals surface area contributed by atoms with Crippen molar-refractivity contribution in [3.8, 4) is 11.6 Å². The van der Waals surface area contributed by atoms with Gasteiger partial charge in [0, 0.05) is 24.9 Å². The molecule has 0 radical (unpaired) electrons. The Labute approximate surface area is 112 Å². The highest BCUT2D eigenvalue weighted by atomic mass is 79.9. The summed E-state index contributed by atoms with van der Waals surface area (Å²) >= 11 is 3.26. The van der Waals surface area contributed by atoms with E-state index in [9.17, 15) is 4.79 Å². The second-order valence-corrected chi connectivity index (χ2v) is 5.14. The quantitative estimate of drug-likeness (QED) is 0.925. The molecule has 5 nitrogen and oxygen atoms in total. The number of carboxylic acids is 1. The molecular formula is C12H11BrN2O3. The first-order valence-electron chi connectivity index (χ1n) is 5.68. The summed E-state index contributed by atoms with van der Waals surface area (Å²) in [5, 5.41) is 9.04. The predicted molar refractivity (Wildman–Crippen MR) is 67.1 cm³/mol. The van der Waals surface area contributed by atoms with Gasteiger partial charge in [-0.2, -0.15) is 0 Å². The maximum atomic E-state index is 11.0. The van der Waals surface area contributed by atoms with E-state index in [4.69, 9.17) is 9.52 Å². The van der Waals surface area contributed by atoms with Crippen LogP contribution in [-0.2, 0) is 17.8 Å². The molecule has 2 aromatic rings. The second-order valence-electron chi connectivity index (χ2n) is 4.36. The molecule has 1 aliphatic rings. The van der Waals surface area contributed by atoms with E-state index >= 15 is 0 Å². The summed E-state index contributed by atoms with van der Waals surface area (Å²) in [5.41, 5.74) is 0.955. The number of rotatable bonds is 2. The van der Waals surface area contributed by atoms with E-state index in [2.05, 4.69) is 20.9 Å². The number of aromatic nitrogens is 2.